The standard InChI is InChI=1S/C14H18ClN/c1-11-2-7-14(16-10-11)13-5-3-12(4-6-13)8-9-15/h2,7-10,12-13H,3-6H2,1H3/b9-8+. The first-order valence-corrected chi connectivity index (χ1v) is 6.42. The van der Waals surface area contributed by atoms with Crippen molar-refractivity contribution in [3.8, 4) is 0 Å². The average Bonchev–Trinajstić information content (AvgIpc) is 2.32. The molecule has 16 heavy (non-hydrogen) atoms. The zero-order valence-electron chi connectivity index (χ0n) is 9.70. The molecule has 1 heterocycles. The van der Waals surface area contributed by atoms with Gasteiger partial charge in [-0.1, -0.05) is 23.7 Å². The summed E-state index contributed by atoms with van der Waals surface area (Å²) in [6, 6.07) is 4.34. The third-order valence-corrected chi connectivity index (χ3v) is 3.61. The van der Waals surface area contributed by atoms with Crippen molar-refractivity contribution >= 4 is 11.6 Å². The molecule has 0 amide bonds. The highest BCUT2D eigenvalue weighted by molar-refractivity contribution is 6.25. The minimum atomic E-state index is 0.653. The van der Waals surface area contributed by atoms with Crippen LogP contribution in [0.4, 0.5) is 0 Å². The minimum absolute atomic E-state index is 0.653. The number of aryl methyl sites for hydroxylation is 1. The van der Waals surface area contributed by atoms with Crippen LogP contribution in [-0.4, -0.2) is 4.98 Å². The number of hydrogen-bond donors (Lipinski definition) is 0. The predicted molar refractivity (Wildman–Crippen MR) is 68.7 cm³/mol. The molecule has 2 heteroatoms. The lowest BCUT2D eigenvalue weighted by Crippen LogP contribution is -2.12. The fraction of sp³-hybridized carbons (Fsp3) is 0.500. The number of pyridine rings is 1. The highest BCUT2D eigenvalue weighted by Crippen LogP contribution is 2.35. The van der Waals surface area contributed by atoms with Crippen LogP contribution in [0.1, 0.15) is 42.9 Å². The molecule has 0 radical (unpaired) electrons. The zero-order valence-corrected chi connectivity index (χ0v) is 10.5. The van der Waals surface area contributed by atoms with Crippen LogP contribution < -0.4 is 0 Å². The number of allylic oxidation sites excluding steroid dienone is 1. The molecule has 2 rings (SSSR count). The first-order chi connectivity index (χ1) is 7.79. The number of halogens is 1. The molecular weight excluding hydrogens is 218 g/mol. The van der Waals surface area contributed by atoms with E-state index in [-0.39, 0.29) is 0 Å². The molecular formula is C14H18ClN. The summed E-state index contributed by atoms with van der Waals surface area (Å²) in [7, 11) is 0. The van der Waals surface area contributed by atoms with Crippen molar-refractivity contribution < 1.29 is 0 Å². The van der Waals surface area contributed by atoms with Gasteiger partial charge in [-0.3, -0.25) is 4.98 Å². The van der Waals surface area contributed by atoms with E-state index >= 15 is 0 Å². The summed E-state index contributed by atoms with van der Waals surface area (Å²) in [6.45, 7) is 2.08. The van der Waals surface area contributed by atoms with E-state index in [2.05, 4.69) is 30.1 Å². The van der Waals surface area contributed by atoms with Crippen LogP contribution in [0.5, 0.6) is 0 Å². The molecule has 1 aliphatic carbocycles. The summed E-state index contributed by atoms with van der Waals surface area (Å²) >= 11 is 5.61. The normalized spacial score (nSPS) is 26.1. The average molecular weight is 236 g/mol. The van der Waals surface area contributed by atoms with Gasteiger partial charge in [0, 0.05) is 23.3 Å². The van der Waals surface area contributed by atoms with Gasteiger partial charge in [-0.2, -0.15) is 0 Å². The number of nitrogens with zero attached hydrogens (tertiary/aromatic N) is 1. The van der Waals surface area contributed by atoms with Crippen LogP contribution in [-0.2, 0) is 0 Å². The van der Waals surface area contributed by atoms with Gasteiger partial charge in [0.25, 0.3) is 0 Å². The molecule has 0 atom stereocenters. The van der Waals surface area contributed by atoms with Gasteiger partial charge in [0.1, 0.15) is 0 Å². The van der Waals surface area contributed by atoms with Crippen LogP contribution >= 0.6 is 11.6 Å². The maximum atomic E-state index is 5.61. The van der Waals surface area contributed by atoms with Gasteiger partial charge in [-0.05, 0) is 50.2 Å². The summed E-state index contributed by atoms with van der Waals surface area (Å²) in [5.41, 5.74) is 4.16. The van der Waals surface area contributed by atoms with Crippen LogP contribution in [0.15, 0.2) is 29.9 Å². The molecule has 86 valence electrons. The number of aromatic nitrogens is 1. The summed E-state index contributed by atoms with van der Waals surface area (Å²) in [5, 5.41) is 0. The van der Waals surface area contributed by atoms with E-state index < -0.39 is 0 Å². The van der Waals surface area contributed by atoms with E-state index in [4.69, 9.17) is 11.6 Å². The van der Waals surface area contributed by atoms with Gasteiger partial charge in [-0.15, -0.1) is 0 Å². The summed E-state index contributed by atoms with van der Waals surface area (Å²) < 4.78 is 0. The van der Waals surface area contributed by atoms with E-state index in [0.29, 0.717) is 11.8 Å². The van der Waals surface area contributed by atoms with Crippen molar-refractivity contribution in [3.63, 3.8) is 0 Å². The Bertz CT molecular complexity index is 348. The topological polar surface area (TPSA) is 12.9 Å². The highest BCUT2D eigenvalue weighted by Gasteiger charge is 2.21. The van der Waals surface area contributed by atoms with Crippen LogP contribution in [0.3, 0.4) is 0 Å². The molecule has 0 spiro atoms. The van der Waals surface area contributed by atoms with Crippen LogP contribution in [0, 0.1) is 12.8 Å². The Morgan fingerprint density at radius 2 is 2.00 bits per heavy atom. The van der Waals surface area contributed by atoms with E-state index in [1.807, 2.05) is 6.20 Å². The van der Waals surface area contributed by atoms with E-state index in [1.165, 1.54) is 36.9 Å². The Kier molecular flexibility index (Phi) is 4.00. The Balaban J connectivity index is 1.96. The molecule has 1 aromatic heterocycles. The van der Waals surface area contributed by atoms with Gasteiger partial charge in [-0.25, -0.2) is 0 Å². The number of hydrogen-bond acceptors (Lipinski definition) is 1. The SMILES string of the molecule is Cc1ccc(C2CCC(/C=C/Cl)CC2)nc1. The molecule has 1 aliphatic rings. The molecule has 1 aromatic rings. The molecule has 0 unspecified atom stereocenters. The monoisotopic (exact) mass is 235 g/mol. The highest BCUT2D eigenvalue weighted by atomic mass is 35.5. The Morgan fingerprint density at radius 3 is 2.56 bits per heavy atom. The van der Waals surface area contributed by atoms with Crippen molar-refractivity contribution in [2.75, 3.05) is 0 Å². The molecule has 0 saturated heterocycles. The van der Waals surface area contributed by atoms with Gasteiger partial charge in [0.15, 0.2) is 0 Å². The Labute approximate surface area is 103 Å². The fourth-order valence-corrected chi connectivity index (χ4v) is 2.64. The smallest absolute Gasteiger partial charge is 0.0434 e. The third-order valence-electron chi connectivity index (χ3n) is 3.47. The van der Waals surface area contributed by atoms with E-state index in [0.717, 1.165) is 0 Å². The van der Waals surface area contributed by atoms with Gasteiger partial charge >= 0.3 is 0 Å². The van der Waals surface area contributed by atoms with Gasteiger partial charge < -0.3 is 0 Å². The summed E-state index contributed by atoms with van der Waals surface area (Å²) in [5.74, 6) is 1.33. The Morgan fingerprint density at radius 1 is 1.25 bits per heavy atom. The van der Waals surface area contributed by atoms with Crippen LogP contribution in [0.2, 0.25) is 0 Å². The lowest BCUT2D eigenvalue weighted by molar-refractivity contribution is 0.371. The summed E-state index contributed by atoms with van der Waals surface area (Å²) in [4.78, 5) is 4.53. The maximum Gasteiger partial charge on any atom is 0.0434 e. The second kappa shape index (κ2) is 5.49. The van der Waals surface area contributed by atoms with Crippen LogP contribution in [0.25, 0.3) is 0 Å². The molecule has 0 bridgehead atoms. The first kappa shape index (κ1) is 11.7. The maximum absolute atomic E-state index is 5.61. The van der Waals surface area contributed by atoms with Crippen molar-refractivity contribution in [3.05, 3.63) is 41.2 Å². The lowest BCUT2D eigenvalue weighted by Gasteiger charge is -2.26. The van der Waals surface area contributed by atoms with Crippen molar-refractivity contribution in [1.29, 1.82) is 0 Å². The molecule has 1 saturated carbocycles. The molecule has 0 aliphatic heterocycles. The third kappa shape index (κ3) is 2.85. The van der Waals surface area contributed by atoms with Gasteiger partial charge in [0.2, 0.25) is 0 Å². The largest absolute Gasteiger partial charge is 0.261 e. The van der Waals surface area contributed by atoms with E-state index in [9.17, 15) is 0 Å². The van der Waals surface area contributed by atoms with Crippen molar-refractivity contribution in [2.24, 2.45) is 5.92 Å². The minimum Gasteiger partial charge on any atom is -0.261 e. The lowest BCUT2D eigenvalue weighted by atomic mass is 9.80. The molecule has 0 N–H and O–H groups in total. The zero-order chi connectivity index (χ0) is 11.4. The van der Waals surface area contributed by atoms with Gasteiger partial charge in [0.05, 0.1) is 0 Å². The quantitative estimate of drug-likeness (QED) is 0.740. The summed E-state index contributed by atoms with van der Waals surface area (Å²) in [6.07, 6.45) is 9.05. The first-order valence-electron chi connectivity index (χ1n) is 5.99. The Hall–Kier alpha value is -0.820. The number of rotatable bonds is 2. The second-order valence-corrected chi connectivity index (χ2v) is 4.94. The van der Waals surface area contributed by atoms with E-state index in [1.54, 1.807) is 5.54 Å². The van der Waals surface area contributed by atoms with Crippen molar-refractivity contribution in [2.45, 2.75) is 38.5 Å². The fourth-order valence-electron chi connectivity index (χ4n) is 2.43. The molecule has 1 fully saturated rings. The molecule has 0 aromatic carbocycles. The second-order valence-electron chi connectivity index (χ2n) is 4.69. The van der Waals surface area contributed by atoms with Crippen molar-refractivity contribution in [1.82, 2.24) is 4.98 Å². The predicted octanol–water partition coefficient (Wildman–Crippen LogP) is 4.42. The molecule has 1 nitrogen and oxygen atoms in total.